The van der Waals surface area contributed by atoms with Crippen LogP contribution in [0.25, 0.3) is 0 Å². The van der Waals surface area contributed by atoms with Gasteiger partial charge in [0, 0.05) is 12.5 Å². The summed E-state index contributed by atoms with van der Waals surface area (Å²) in [6.07, 6.45) is -2.78. The van der Waals surface area contributed by atoms with Crippen molar-refractivity contribution in [2.24, 2.45) is 11.7 Å². The van der Waals surface area contributed by atoms with Crippen LogP contribution in [0.2, 0.25) is 0 Å². The number of alkyl halides is 3. The summed E-state index contributed by atoms with van der Waals surface area (Å²) >= 11 is 4.99. The Kier molecular flexibility index (Phi) is 5.05. The summed E-state index contributed by atoms with van der Waals surface area (Å²) in [5, 5.41) is 0. The molecule has 1 aliphatic heterocycles. The molecule has 3 nitrogen and oxygen atoms in total. The highest BCUT2D eigenvalue weighted by atomic mass is 32.1. The van der Waals surface area contributed by atoms with Gasteiger partial charge in [-0.25, -0.2) is 0 Å². The molecule has 1 saturated heterocycles. The summed E-state index contributed by atoms with van der Waals surface area (Å²) in [7, 11) is 0. The molecule has 0 spiro atoms. The average Bonchev–Trinajstić information content (AvgIpc) is 2.40. The SMILES string of the molecule is NC(=S)C1CCN(Cc2ccc(OC(F)(F)F)cc2)CC1. The first-order valence-electron chi connectivity index (χ1n) is 6.70. The molecule has 0 bridgehead atoms. The van der Waals surface area contributed by atoms with Gasteiger partial charge in [-0.3, -0.25) is 4.90 Å². The maximum atomic E-state index is 12.1. The molecule has 7 heteroatoms. The largest absolute Gasteiger partial charge is 0.573 e. The average molecular weight is 318 g/mol. The zero-order chi connectivity index (χ0) is 15.5. The molecule has 1 aromatic carbocycles. The fourth-order valence-electron chi connectivity index (χ4n) is 2.43. The van der Waals surface area contributed by atoms with Crippen LogP contribution in [0, 0.1) is 5.92 Å². The van der Waals surface area contributed by atoms with E-state index in [2.05, 4.69) is 9.64 Å². The minimum atomic E-state index is -4.65. The molecule has 0 unspecified atom stereocenters. The topological polar surface area (TPSA) is 38.5 Å². The summed E-state index contributed by atoms with van der Waals surface area (Å²) < 4.78 is 40.0. The Bertz CT molecular complexity index is 482. The molecule has 1 fully saturated rings. The lowest BCUT2D eigenvalue weighted by molar-refractivity contribution is -0.274. The van der Waals surface area contributed by atoms with Gasteiger partial charge in [0.15, 0.2) is 0 Å². The maximum Gasteiger partial charge on any atom is 0.573 e. The second kappa shape index (κ2) is 6.62. The number of halogens is 3. The van der Waals surface area contributed by atoms with Crippen molar-refractivity contribution in [1.29, 1.82) is 0 Å². The van der Waals surface area contributed by atoms with Crippen LogP contribution in [0.1, 0.15) is 18.4 Å². The van der Waals surface area contributed by atoms with Gasteiger partial charge in [-0.1, -0.05) is 24.4 Å². The van der Waals surface area contributed by atoms with Crippen molar-refractivity contribution in [2.75, 3.05) is 13.1 Å². The lowest BCUT2D eigenvalue weighted by Gasteiger charge is -2.31. The number of rotatable bonds is 4. The number of ether oxygens (including phenoxy) is 1. The second-order valence-electron chi connectivity index (χ2n) is 5.14. The standard InChI is InChI=1S/C14H17F3N2OS/c15-14(16,17)20-12-3-1-10(2-4-12)9-19-7-5-11(6-8-19)13(18)21/h1-4,11H,5-9H2,(H2,18,21). The first kappa shape index (κ1) is 16.0. The molecule has 0 aromatic heterocycles. The van der Waals surface area contributed by atoms with E-state index in [1.165, 1.54) is 12.1 Å². The first-order valence-corrected chi connectivity index (χ1v) is 7.11. The lowest BCUT2D eigenvalue weighted by atomic mass is 9.96. The summed E-state index contributed by atoms with van der Waals surface area (Å²) in [5.74, 6) is 0.109. The summed E-state index contributed by atoms with van der Waals surface area (Å²) in [4.78, 5) is 2.82. The Hall–Kier alpha value is -1.34. The zero-order valence-corrected chi connectivity index (χ0v) is 12.2. The van der Waals surface area contributed by atoms with E-state index in [-0.39, 0.29) is 5.75 Å². The van der Waals surface area contributed by atoms with Gasteiger partial charge in [-0.05, 0) is 43.6 Å². The van der Waals surface area contributed by atoms with Crippen LogP contribution < -0.4 is 10.5 Å². The first-order chi connectivity index (χ1) is 9.83. The third-order valence-corrected chi connectivity index (χ3v) is 3.89. The Morgan fingerprint density at radius 2 is 1.81 bits per heavy atom. The Morgan fingerprint density at radius 3 is 2.29 bits per heavy atom. The summed E-state index contributed by atoms with van der Waals surface area (Å²) in [6.45, 7) is 2.49. The molecule has 116 valence electrons. The molecule has 0 atom stereocenters. The zero-order valence-electron chi connectivity index (χ0n) is 11.4. The Balaban J connectivity index is 1.85. The predicted octanol–water partition coefficient (Wildman–Crippen LogP) is 3.08. The van der Waals surface area contributed by atoms with Crippen molar-refractivity contribution >= 4 is 17.2 Å². The summed E-state index contributed by atoms with van der Waals surface area (Å²) in [5.41, 5.74) is 6.60. The van der Waals surface area contributed by atoms with Crippen LogP contribution >= 0.6 is 12.2 Å². The number of piperidine rings is 1. The number of thiocarbonyl (C=S) groups is 1. The van der Waals surface area contributed by atoms with E-state index in [1.807, 2.05) is 0 Å². The highest BCUT2D eigenvalue weighted by Gasteiger charge is 2.31. The normalized spacial score (nSPS) is 17.7. The van der Waals surface area contributed by atoms with E-state index in [9.17, 15) is 13.2 Å². The molecular formula is C14H17F3N2OS. The molecule has 0 aliphatic carbocycles. The monoisotopic (exact) mass is 318 g/mol. The molecular weight excluding hydrogens is 301 g/mol. The molecule has 21 heavy (non-hydrogen) atoms. The van der Waals surface area contributed by atoms with Crippen molar-refractivity contribution in [1.82, 2.24) is 4.90 Å². The van der Waals surface area contributed by atoms with E-state index in [0.29, 0.717) is 17.5 Å². The van der Waals surface area contributed by atoms with Crippen molar-refractivity contribution in [3.63, 3.8) is 0 Å². The molecule has 2 N–H and O–H groups in total. The minimum absolute atomic E-state index is 0.196. The quantitative estimate of drug-likeness (QED) is 0.866. The fraction of sp³-hybridized carbons (Fsp3) is 0.500. The fourth-order valence-corrected chi connectivity index (χ4v) is 2.67. The number of nitrogens with zero attached hydrogens (tertiary/aromatic N) is 1. The van der Waals surface area contributed by atoms with Crippen LogP contribution in [0.15, 0.2) is 24.3 Å². The van der Waals surface area contributed by atoms with Gasteiger partial charge in [0.1, 0.15) is 5.75 Å². The van der Waals surface area contributed by atoms with Crippen molar-refractivity contribution in [3.05, 3.63) is 29.8 Å². The van der Waals surface area contributed by atoms with Crippen molar-refractivity contribution in [2.45, 2.75) is 25.7 Å². The molecule has 1 aromatic rings. The minimum Gasteiger partial charge on any atom is -0.406 e. The van der Waals surface area contributed by atoms with Gasteiger partial charge < -0.3 is 10.5 Å². The van der Waals surface area contributed by atoms with Crippen LogP contribution in [0.3, 0.4) is 0 Å². The Labute approximate surface area is 126 Å². The highest BCUT2D eigenvalue weighted by Crippen LogP contribution is 2.24. The number of hydrogen-bond acceptors (Lipinski definition) is 3. The molecule has 1 aliphatic rings. The summed E-state index contributed by atoms with van der Waals surface area (Å²) in [6, 6.07) is 5.98. The maximum absolute atomic E-state index is 12.1. The highest BCUT2D eigenvalue weighted by molar-refractivity contribution is 7.80. The van der Waals surface area contributed by atoms with Crippen LogP contribution in [0.4, 0.5) is 13.2 Å². The van der Waals surface area contributed by atoms with Gasteiger partial charge >= 0.3 is 6.36 Å². The van der Waals surface area contributed by atoms with Crippen LogP contribution in [-0.4, -0.2) is 29.3 Å². The smallest absolute Gasteiger partial charge is 0.406 e. The molecule has 0 saturated carbocycles. The van der Waals surface area contributed by atoms with Gasteiger partial charge in [0.2, 0.25) is 0 Å². The van der Waals surface area contributed by atoms with E-state index < -0.39 is 6.36 Å². The predicted molar refractivity (Wildman–Crippen MR) is 77.9 cm³/mol. The molecule has 0 amide bonds. The van der Waals surface area contributed by atoms with E-state index >= 15 is 0 Å². The molecule has 0 radical (unpaired) electrons. The van der Waals surface area contributed by atoms with Gasteiger partial charge in [-0.15, -0.1) is 13.2 Å². The second-order valence-corrected chi connectivity index (χ2v) is 5.62. The molecule has 1 heterocycles. The van der Waals surface area contributed by atoms with Gasteiger partial charge in [0.25, 0.3) is 0 Å². The molecule has 2 rings (SSSR count). The third kappa shape index (κ3) is 5.17. The van der Waals surface area contributed by atoms with E-state index in [1.54, 1.807) is 12.1 Å². The van der Waals surface area contributed by atoms with Crippen LogP contribution in [-0.2, 0) is 6.54 Å². The van der Waals surface area contributed by atoms with E-state index in [0.717, 1.165) is 31.5 Å². The third-order valence-electron chi connectivity index (χ3n) is 3.55. The van der Waals surface area contributed by atoms with Crippen molar-refractivity contribution in [3.8, 4) is 5.75 Å². The number of nitrogens with two attached hydrogens (primary N) is 1. The van der Waals surface area contributed by atoms with Crippen LogP contribution in [0.5, 0.6) is 5.75 Å². The van der Waals surface area contributed by atoms with Gasteiger partial charge in [-0.2, -0.15) is 0 Å². The lowest BCUT2D eigenvalue weighted by Crippen LogP contribution is -2.37. The van der Waals surface area contributed by atoms with Gasteiger partial charge in [0.05, 0.1) is 4.99 Å². The Morgan fingerprint density at radius 1 is 1.24 bits per heavy atom. The number of likely N-dealkylation sites (tertiary alicyclic amines) is 1. The van der Waals surface area contributed by atoms with E-state index in [4.69, 9.17) is 18.0 Å². The number of benzene rings is 1. The number of hydrogen-bond donors (Lipinski definition) is 1. The van der Waals surface area contributed by atoms with Crippen molar-refractivity contribution < 1.29 is 17.9 Å².